The van der Waals surface area contributed by atoms with Gasteiger partial charge in [-0.15, -0.1) is 0 Å². The maximum Gasteiger partial charge on any atom is 0.388 e. The van der Waals surface area contributed by atoms with Gasteiger partial charge in [-0.3, -0.25) is 0 Å². The number of anilines is 1. The fourth-order valence-corrected chi connectivity index (χ4v) is 1.53. The molecule has 0 amide bonds. The van der Waals surface area contributed by atoms with Crippen LogP contribution >= 0.6 is 11.6 Å². The summed E-state index contributed by atoms with van der Waals surface area (Å²) < 4.78 is 4.92. The molecule has 0 spiro atoms. The van der Waals surface area contributed by atoms with E-state index < -0.39 is 17.2 Å². The smallest absolute Gasteiger partial charge is 0.358 e. The van der Waals surface area contributed by atoms with Crippen molar-refractivity contribution in [1.82, 2.24) is 4.98 Å². The van der Waals surface area contributed by atoms with E-state index in [1.165, 1.54) is 19.3 Å². The number of aromatic nitrogens is 1. The van der Waals surface area contributed by atoms with Crippen LogP contribution in [0.3, 0.4) is 0 Å². The van der Waals surface area contributed by atoms with Gasteiger partial charge in [0.2, 0.25) is 6.41 Å². The molecule has 1 aromatic rings. The van der Waals surface area contributed by atoms with Gasteiger partial charge in [0.05, 0.1) is 5.02 Å². The molecular weight excluding hydrogens is 250 g/mol. The molecule has 1 heterocycles. The molecule has 1 N–H and O–H groups in total. The van der Waals surface area contributed by atoms with Gasteiger partial charge in [-0.25, -0.2) is 0 Å². The fraction of sp³-hybridized carbons (Fsp3) is 0.444. The molecule has 1 atom stereocenters. The summed E-state index contributed by atoms with van der Waals surface area (Å²) in [5, 5.41) is 20.5. The third kappa shape index (κ3) is 3.02. The second-order valence-electron chi connectivity index (χ2n) is 3.11. The predicted octanol–water partition coefficient (Wildman–Crippen LogP) is 1.39. The van der Waals surface area contributed by atoms with Crippen LogP contribution in [0.5, 0.6) is 0 Å². The average molecular weight is 262 g/mol. The lowest BCUT2D eigenvalue weighted by molar-refractivity contribution is -0.388. The highest BCUT2D eigenvalue weighted by atomic mass is 35.5. The van der Waals surface area contributed by atoms with Crippen LogP contribution in [0.4, 0.5) is 11.5 Å². The van der Waals surface area contributed by atoms with Gasteiger partial charge >= 0.3 is 5.82 Å². The lowest BCUT2D eigenvalue weighted by Crippen LogP contribution is -2.34. The van der Waals surface area contributed by atoms with Gasteiger partial charge in [0.15, 0.2) is 5.69 Å². The fourth-order valence-electron chi connectivity index (χ4n) is 1.25. The summed E-state index contributed by atoms with van der Waals surface area (Å²) in [6, 6.07) is 1.40. The normalized spacial score (nSPS) is 12.2. The van der Waals surface area contributed by atoms with Gasteiger partial charge in [0, 0.05) is 19.7 Å². The number of aliphatic hydroxyl groups excluding tert-OH is 1. The molecule has 0 aliphatic heterocycles. The van der Waals surface area contributed by atoms with E-state index >= 15 is 0 Å². The number of hydrogen-bond acceptors (Lipinski definition) is 6. The van der Waals surface area contributed by atoms with Gasteiger partial charge in [0.1, 0.15) is 6.20 Å². The van der Waals surface area contributed by atoms with Crippen molar-refractivity contribution in [2.45, 2.75) is 13.3 Å². The Morgan fingerprint density at radius 2 is 2.41 bits per heavy atom. The molecule has 0 radical (unpaired) electrons. The van der Waals surface area contributed by atoms with Crippen molar-refractivity contribution < 1.29 is 14.8 Å². The first-order valence-corrected chi connectivity index (χ1v) is 5.18. The van der Waals surface area contributed by atoms with Crippen LogP contribution in [0.15, 0.2) is 12.3 Å². The Morgan fingerprint density at radius 1 is 1.76 bits per heavy atom. The Kier molecular flexibility index (Phi) is 4.62. The monoisotopic (exact) mass is 261 g/mol. The molecule has 1 rings (SSSR count). The number of nitrogens with zero attached hydrogens (tertiary/aromatic N) is 3. The summed E-state index contributed by atoms with van der Waals surface area (Å²) in [6.45, 7) is 1.95. The van der Waals surface area contributed by atoms with Crippen LogP contribution in [-0.4, -0.2) is 35.1 Å². The number of halogens is 1. The maximum absolute atomic E-state index is 10.8. The van der Waals surface area contributed by atoms with E-state index in [1.54, 1.807) is 6.92 Å². The maximum atomic E-state index is 10.8. The molecular formula is C9H12ClN3O4. The topological polar surface area (TPSA) is 88.7 Å². The van der Waals surface area contributed by atoms with E-state index in [0.29, 0.717) is 0 Å². The van der Waals surface area contributed by atoms with Crippen LogP contribution in [-0.2, 0) is 4.74 Å². The first-order valence-electron chi connectivity index (χ1n) is 4.80. The van der Waals surface area contributed by atoms with E-state index in [9.17, 15) is 15.2 Å². The molecule has 1 unspecified atom stereocenters. The first-order chi connectivity index (χ1) is 7.99. The Labute approximate surface area is 103 Å². The zero-order valence-electron chi connectivity index (χ0n) is 9.33. The minimum Gasteiger partial charge on any atom is -0.358 e. The van der Waals surface area contributed by atoms with E-state index in [-0.39, 0.29) is 17.3 Å². The van der Waals surface area contributed by atoms with Gasteiger partial charge in [-0.1, -0.05) is 11.6 Å². The molecule has 0 saturated heterocycles. The van der Waals surface area contributed by atoms with Crippen LogP contribution in [0.25, 0.3) is 0 Å². The first kappa shape index (κ1) is 13.6. The molecule has 94 valence electrons. The lowest BCUT2D eigenvalue weighted by Gasteiger charge is -2.24. The summed E-state index contributed by atoms with van der Waals surface area (Å²) in [5.41, 5.74) is 0.0140. The van der Waals surface area contributed by atoms with E-state index in [4.69, 9.17) is 16.3 Å². The van der Waals surface area contributed by atoms with Crippen LogP contribution in [0, 0.1) is 10.1 Å². The number of pyridine rings is 1. The zero-order valence-corrected chi connectivity index (χ0v) is 10.1. The summed E-state index contributed by atoms with van der Waals surface area (Å²) in [7, 11) is 1.43. The Morgan fingerprint density at radius 3 is 2.94 bits per heavy atom. The standard InChI is InChI=1S/C9H12ClN3O4/c1-3-17-9(14)12(2)7-6(10)4-5-11-8(7)13(15)16/h4-5,9,14H,3H2,1-2H3. The third-order valence-electron chi connectivity index (χ3n) is 2.03. The van der Waals surface area contributed by atoms with Crippen molar-refractivity contribution in [2.75, 3.05) is 18.6 Å². The highest BCUT2D eigenvalue weighted by Crippen LogP contribution is 2.33. The molecule has 1 aromatic heterocycles. The van der Waals surface area contributed by atoms with Gasteiger partial charge in [-0.2, -0.15) is 0 Å². The van der Waals surface area contributed by atoms with E-state index in [2.05, 4.69) is 4.98 Å². The van der Waals surface area contributed by atoms with E-state index in [0.717, 1.165) is 4.90 Å². The second-order valence-corrected chi connectivity index (χ2v) is 3.52. The molecule has 7 nitrogen and oxygen atoms in total. The van der Waals surface area contributed by atoms with Gasteiger partial charge in [-0.05, 0) is 16.8 Å². The highest BCUT2D eigenvalue weighted by Gasteiger charge is 2.25. The predicted molar refractivity (Wildman–Crippen MR) is 61.9 cm³/mol. The molecule has 8 heteroatoms. The Balaban J connectivity index is 3.15. The molecule has 17 heavy (non-hydrogen) atoms. The van der Waals surface area contributed by atoms with E-state index in [1.807, 2.05) is 0 Å². The number of nitro groups is 1. The van der Waals surface area contributed by atoms with Gasteiger partial charge in [0.25, 0.3) is 0 Å². The molecule has 0 aliphatic rings. The Bertz CT molecular complexity index is 415. The van der Waals surface area contributed by atoms with Crippen LogP contribution in [0.2, 0.25) is 5.02 Å². The van der Waals surface area contributed by atoms with Crippen molar-refractivity contribution >= 4 is 23.1 Å². The van der Waals surface area contributed by atoms with Crippen molar-refractivity contribution in [3.8, 4) is 0 Å². The molecule has 0 saturated carbocycles. The number of hydrogen-bond donors (Lipinski definition) is 1. The minimum atomic E-state index is -1.32. The summed E-state index contributed by atoms with van der Waals surface area (Å²) in [4.78, 5) is 14.9. The SMILES string of the molecule is CCOC(O)N(C)c1c(Cl)ccnc1[N+](=O)[O-]. The summed E-state index contributed by atoms with van der Waals surface area (Å²) >= 11 is 5.86. The third-order valence-corrected chi connectivity index (χ3v) is 2.33. The quantitative estimate of drug-likeness (QED) is 0.489. The van der Waals surface area contributed by atoms with Crippen molar-refractivity contribution in [2.24, 2.45) is 0 Å². The molecule has 0 bridgehead atoms. The van der Waals surface area contributed by atoms with Gasteiger partial charge < -0.3 is 24.9 Å². The van der Waals surface area contributed by atoms with Crippen LogP contribution < -0.4 is 4.90 Å². The highest BCUT2D eigenvalue weighted by molar-refractivity contribution is 6.33. The lowest BCUT2D eigenvalue weighted by atomic mass is 10.3. The van der Waals surface area contributed by atoms with Crippen molar-refractivity contribution in [3.05, 3.63) is 27.4 Å². The molecule has 0 fully saturated rings. The number of ether oxygens (including phenoxy) is 1. The molecule has 0 aromatic carbocycles. The summed E-state index contributed by atoms with van der Waals surface area (Å²) in [6.07, 6.45) is -0.0920. The minimum absolute atomic E-state index is 0.0140. The summed E-state index contributed by atoms with van der Waals surface area (Å²) in [5.74, 6) is -0.432. The average Bonchev–Trinajstić information content (AvgIpc) is 2.28. The largest absolute Gasteiger partial charge is 0.388 e. The molecule has 0 aliphatic carbocycles. The second kappa shape index (κ2) is 5.76. The Hall–Kier alpha value is -1.44. The number of aliphatic hydroxyl groups is 1. The zero-order chi connectivity index (χ0) is 13.0. The number of rotatable bonds is 5. The van der Waals surface area contributed by atoms with Crippen LogP contribution in [0.1, 0.15) is 6.92 Å². The van der Waals surface area contributed by atoms with Crippen molar-refractivity contribution in [1.29, 1.82) is 0 Å². The van der Waals surface area contributed by atoms with Crippen molar-refractivity contribution in [3.63, 3.8) is 0 Å².